The van der Waals surface area contributed by atoms with Crippen molar-refractivity contribution in [2.24, 2.45) is 0 Å². The number of nitro benzene ring substituents is 1. The van der Waals surface area contributed by atoms with Crippen molar-refractivity contribution in [3.63, 3.8) is 0 Å². The number of hydrogen-bond acceptors (Lipinski definition) is 6. The van der Waals surface area contributed by atoms with Crippen molar-refractivity contribution in [2.45, 2.75) is 103 Å². The first-order valence-corrected chi connectivity index (χ1v) is 21.4. The summed E-state index contributed by atoms with van der Waals surface area (Å²) >= 11 is -0.407. The van der Waals surface area contributed by atoms with E-state index in [1.165, 1.54) is 45.8 Å². The van der Waals surface area contributed by atoms with Crippen LogP contribution in [-0.2, 0) is 16.7 Å². The number of para-hydroxylation sites is 3. The second-order valence-electron chi connectivity index (χ2n) is 15.7. The Bertz CT molecular complexity index is 1910. The monoisotopic (exact) mass is 852 g/mol. The maximum Gasteiger partial charge on any atom is -1.00 e. The van der Waals surface area contributed by atoms with Crippen LogP contribution in [0.2, 0.25) is 0 Å². The first-order chi connectivity index (χ1) is 25.8. The number of ether oxygens (including phenoxy) is 1. The molecule has 0 saturated carbocycles. The molecule has 2 aliphatic rings. The van der Waals surface area contributed by atoms with E-state index in [4.69, 9.17) is 4.74 Å². The van der Waals surface area contributed by atoms with Gasteiger partial charge in [-0.25, -0.2) is 0 Å². The zero-order valence-electron chi connectivity index (χ0n) is 33.5. The second kappa shape index (κ2) is 17.8. The van der Waals surface area contributed by atoms with E-state index in [0.29, 0.717) is 35.8 Å². The van der Waals surface area contributed by atoms with Crippen LogP contribution < -0.4 is 31.8 Å². The number of benzene rings is 4. The molecule has 2 heterocycles. The third-order valence-electron chi connectivity index (χ3n) is 10.6. The van der Waals surface area contributed by atoms with Crippen LogP contribution in [0.1, 0.15) is 131 Å². The Kier molecular flexibility index (Phi) is 13.6. The number of nitrogens with zero attached hydrogens (tertiary/aromatic N) is 4. The Labute approximate surface area is 340 Å². The Balaban J connectivity index is 0.00000580. The van der Waals surface area contributed by atoms with E-state index >= 15 is 0 Å². The molecule has 0 aromatic heterocycles. The van der Waals surface area contributed by atoms with Crippen LogP contribution in [0.4, 0.5) is 22.7 Å². The first-order valence-electron chi connectivity index (χ1n) is 19.4. The number of anilines is 3. The molecule has 0 radical (unpaired) electrons. The minimum atomic E-state index is -0.446. The molecule has 55 heavy (non-hydrogen) atoms. The van der Waals surface area contributed by atoms with E-state index in [-0.39, 0.29) is 34.9 Å². The molecule has 2 aliphatic heterocycles. The van der Waals surface area contributed by atoms with E-state index in [0.717, 1.165) is 36.5 Å². The first kappa shape index (κ1) is 42.1. The molecule has 8 nitrogen and oxygen atoms in total. The molecule has 0 N–H and O–H groups in total. The van der Waals surface area contributed by atoms with Crippen molar-refractivity contribution in [3.05, 3.63) is 122 Å². The van der Waals surface area contributed by atoms with Gasteiger partial charge in [0.05, 0.1) is 0 Å². The maximum absolute atomic E-state index is 14.0. The van der Waals surface area contributed by atoms with Gasteiger partial charge in [0.2, 0.25) is 0 Å². The topological polar surface area (TPSA) is 79.2 Å². The van der Waals surface area contributed by atoms with Gasteiger partial charge in [-0.1, -0.05) is 0 Å². The van der Waals surface area contributed by atoms with E-state index in [9.17, 15) is 14.9 Å². The summed E-state index contributed by atoms with van der Waals surface area (Å²) in [6, 6.07) is 25.7. The number of fused-ring (bicyclic) bond motifs is 1. The number of non-ortho nitro benzene ring substituents is 1. The molecule has 1 unspecified atom stereocenters. The summed E-state index contributed by atoms with van der Waals surface area (Å²) < 4.78 is 9.22. The summed E-state index contributed by atoms with van der Waals surface area (Å²) in [4.78, 5) is 32.1. The molecule has 4 aromatic carbocycles. The second-order valence-corrected chi connectivity index (χ2v) is 17.6. The summed E-state index contributed by atoms with van der Waals surface area (Å²) in [6.07, 6.45) is 0.561. The van der Waals surface area contributed by atoms with Crippen LogP contribution in [0.15, 0.2) is 78.9 Å². The van der Waals surface area contributed by atoms with E-state index in [1.807, 2.05) is 12.1 Å². The number of carbonyl (C=O) groups is 1. The molecular formula is C45H55ClN4O4Ru-. The van der Waals surface area contributed by atoms with Gasteiger partial charge in [0, 0.05) is 0 Å². The molecule has 1 fully saturated rings. The zero-order valence-corrected chi connectivity index (χ0v) is 36.0. The number of nitro groups is 1. The minimum Gasteiger partial charge on any atom is -1.00 e. The Morgan fingerprint density at radius 2 is 1.25 bits per heavy atom. The smallest absolute Gasteiger partial charge is 1.00 e. The van der Waals surface area contributed by atoms with Gasteiger partial charge in [-0.2, -0.15) is 0 Å². The number of carbonyl (C=O) groups excluding carboxylic acids is 1. The van der Waals surface area contributed by atoms with Gasteiger partial charge in [-0.3, -0.25) is 0 Å². The maximum atomic E-state index is 14.0. The van der Waals surface area contributed by atoms with Crippen molar-refractivity contribution in [3.8, 4) is 5.75 Å². The molecule has 1 amide bonds. The van der Waals surface area contributed by atoms with E-state index in [1.54, 1.807) is 17.0 Å². The average molecular weight is 852 g/mol. The molecule has 4 aromatic rings. The molecule has 0 aliphatic carbocycles. The molecule has 0 bridgehead atoms. The van der Waals surface area contributed by atoms with Gasteiger partial charge in [-0.15, -0.1) is 0 Å². The fraction of sp³-hybridized carbons (Fsp3) is 0.422. The normalized spacial score (nSPS) is 16.2. The fourth-order valence-corrected chi connectivity index (χ4v) is 10.2. The zero-order chi connectivity index (χ0) is 38.8. The summed E-state index contributed by atoms with van der Waals surface area (Å²) in [5.41, 5.74) is 10.4. The summed E-state index contributed by atoms with van der Waals surface area (Å²) in [6.45, 7) is 22.8. The van der Waals surface area contributed by atoms with Crippen molar-refractivity contribution in [1.29, 1.82) is 0 Å². The summed E-state index contributed by atoms with van der Waals surface area (Å²) in [5, 5.41) is 11.3. The largest absolute Gasteiger partial charge is 1.00 e. The van der Waals surface area contributed by atoms with Crippen LogP contribution in [0.25, 0.3) is 0 Å². The van der Waals surface area contributed by atoms with Crippen LogP contribution >= 0.6 is 0 Å². The van der Waals surface area contributed by atoms with Gasteiger partial charge in [0.15, 0.2) is 0 Å². The summed E-state index contributed by atoms with van der Waals surface area (Å²) in [5.74, 6) is 2.05. The van der Waals surface area contributed by atoms with E-state index < -0.39 is 21.6 Å². The van der Waals surface area contributed by atoms with Crippen LogP contribution in [0.5, 0.6) is 5.75 Å². The predicted octanol–water partition coefficient (Wildman–Crippen LogP) is 7.45. The Hall–Kier alpha value is -4.07. The molecule has 1 atom stereocenters. The standard InChI is InChI=1S/C27H39N2.C18H16N2O4.ClH.Ru/c1-18(2)22-11-9-12-23(19(3)4)26(22)28-15-16-29(17-28)27-24(20(5)6)13-10-14-25(27)21(7)8;1-3-15-11-19(16-6-4-5-12(2)17(16)24-15)18(21)13-7-9-14(10-8-13)20(22)23;;/h9-14,17-21H,15-16H2,1-8H3;2,4-10,15H,3,11H2,1H3;1H;/p-1. The van der Waals surface area contributed by atoms with Crippen molar-refractivity contribution in [1.82, 2.24) is 0 Å². The predicted molar refractivity (Wildman–Crippen MR) is 219 cm³/mol. The third kappa shape index (κ3) is 8.54. The van der Waals surface area contributed by atoms with Crippen LogP contribution in [0, 0.1) is 10.1 Å². The average Bonchev–Trinajstić information content (AvgIpc) is 3.58. The van der Waals surface area contributed by atoms with Crippen molar-refractivity contribution < 1.29 is 43.5 Å². The number of halogens is 1. The molecular weight excluding hydrogens is 797 g/mol. The molecule has 1 saturated heterocycles. The van der Waals surface area contributed by atoms with Crippen molar-refractivity contribution in [2.75, 3.05) is 34.3 Å². The fourth-order valence-electron chi connectivity index (χ4n) is 7.71. The quantitative estimate of drug-likeness (QED) is 0.0887. The minimum absolute atomic E-state index is 0. The van der Waals surface area contributed by atoms with E-state index in [2.05, 4.69) is 119 Å². The summed E-state index contributed by atoms with van der Waals surface area (Å²) in [7, 11) is 0. The van der Waals surface area contributed by atoms with Crippen LogP contribution in [-0.4, -0.2) is 45.9 Å². The molecule has 295 valence electrons. The third-order valence-corrected chi connectivity index (χ3v) is 13.1. The molecule has 10 heteroatoms. The number of hydrogen-bond donors (Lipinski definition) is 0. The molecule has 0 spiro atoms. The Morgan fingerprint density at radius 1 is 0.782 bits per heavy atom. The van der Waals surface area contributed by atoms with Crippen molar-refractivity contribution >= 4 is 33.3 Å². The van der Waals surface area contributed by atoms with Gasteiger partial charge < -0.3 is 12.4 Å². The van der Waals surface area contributed by atoms with Gasteiger partial charge >= 0.3 is 330 Å². The SMILES string of the molecule is CCC1CN(C(=O)c2ccc([N+](=O)[O-])cc2)c2cccc(/[CH]=[Ru]/[CH]3N(c4c(C(C)C)cccc4C(C)C)CCN3c3c(C(C)C)cccc3C(C)C)c2O1.[Cl-]. The van der Waals surface area contributed by atoms with Crippen LogP contribution in [0.3, 0.4) is 0 Å². The molecule has 6 rings (SSSR count). The van der Waals surface area contributed by atoms with Gasteiger partial charge in [0.1, 0.15) is 0 Å². The Morgan fingerprint density at radius 3 is 1.69 bits per heavy atom. The van der Waals surface area contributed by atoms with Gasteiger partial charge in [0.25, 0.3) is 0 Å². The number of amides is 1. The number of rotatable bonds is 11. The van der Waals surface area contributed by atoms with Gasteiger partial charge in [-0.05, 0) is 0 Å².